The minimum absolute atomic E-state index is 0.217. The maximum Gasteiger partial charge on any atom is 0.333 e. The lowest BCUT2D eigenvalue weighted by atomic mass is 10.3. The normalized spacial score (nSPS) is 11.6. The van der Waals surface area contributed by atoms with E-state index in [1.807, 2.05) is 0 Å². The van der Waals surface area contributed by atoms with Gasteiger partial charge in [-0.15, -0.1) is 0 Å². The summed E-state index contributed by atoms with van der Waals surface area (Å²) in [6.45, 7) is -0.262. The minimum atomic E-state index is -3.97. The second kappa shape index (κ2) is 4.41. The molecular weight excluding hydrogens is 251 g/mol. The van der Waals surface area contributed by atoms with E-state index in [1.165, 1.54) is 12.3 Å². The van der Waals surface area contributed by atoms with E-state index in [4.69, 9.17) is 23.2 Å². The third-order valence-corrected chi connectivity index (χ3v) is 2.28. The molecule has 1 heterocycles. The molecule has 0 radical (unpaired) electrons. The fourth-order valence-corrected chi connectivity index (χ4v) is 1.40. The fraction of sp³-hybridized carbons (Fsp3) is 0.167. The zero-order valence-corrected chi connectivity index (χ0v) is 9.10. The average molecular weight is 257 g/mol. The first-order valence-corrected chi connectivity index (χ1v) is 5.58. The van der Waals surface area contributed by atoms with Crippen molar-refractivity contribution in [3.63, 3.8) is 0 Å². The highest BCUT2D eigenvalue weighted by molar-refractivity contribution is 7.84. The summed E-state index contributed by atoms with van der Waals surface area (Å²) in [5.41, 5.74) is 0.394. The lowest BCUT2D eigenvalue weighted by Gasteiger charge is -2.03. The molecule has 0 amide bonds. The predicted molar refractivity (Wildman–Crippen MR) is 52.2 cm³/mol. The number of nitrogens with two attached hydrogens (primary N) is 1. The lowest BCUT2D eigenvalue weighted by molar-refractivity contribution is 0.308. The van der Waals surface area contributed by atoms with Crippen molar-refractivity contribution in [1.29, 1.82) is 0 Å². The molecule has 0 aliphatic rings. The summed E-state index contributed by atoms with van der Waals surface area (Å²) >= 11 is 11.2. The first-order valence-electron chi connectivity index (χ1n) is 3.35. The van der Waals surface area contributed by atoms with Crippen LogP contribution in [-0.4, -0.2) is 13.4 Å². The quantitative estimate of drug-likeness (QED) is 0.822. The van der Waals surface area contributed by atoms with Crippen molar-refractivity contribution in [2.75, 3.05) is 0 Å². The lowest BCUT2D eigenvalue weighted by Crippen LogP contribution is -2.15. The molecule has 0 atom stereocenters. The Morgan fingerprint density at radius 2 is 2.14 bits per heavy atom. The van der Waals surface area contributed by atoms with Crippen LogP contribution in [0.2, 0.25) is 10.2 Å². The van der Waals surface area contributed by atoms with E-state index in [1.54, 1.807) is 0 Å². The fourth-order valence-electron chi connectivity index (χ4n) is 0.688. The van der Waals surface area contributed by atoms with Crippen molar-refractivity contribution in [2.45, 2.75) is 6.61 Å². The van der Waals surface area contributed by atoms with Gasteiger partial charge in [0, 0.05) is 11.8 Å². The number of pyridine rings is 1. The minimum Gasteiger partial charge on any atom is -0.253 e. The van der Waals surface area contributed by atoms with E-state index in [0.29, 0.717) is 5.56 Å². The zero-order valence-electron chi connectivity index (χ0n) is 6.78. The summed E-state index contributed by atoms with van der Waals surface area (Å²) in [6, 6.07) is 1.38. The van der Waals surface area contributed by atoms with Gasteiger partial charge >= 0.3 is 10.3 Å². The summed E-state index contributed by atoms with van der Waals surface area (Å²) in [5.74, 6) is 0. The number of aromatic nitrogens is 1. The van der Waals surface area contributed by atoms with Crippen LogP contribution in [0.1, 0.15) is 5.56 Å². The van der Waals surface area contributed by atoms with Gasteiger partial charge in [0.05, 0.1) is 11.6 Å². The van der Waals surface area contributed by atoms with E-state index >= 15 is 0 Å². The molecule has 1 aromatic heterocycles. The van der Waals surface area contributed by atoms with Gasteiger partial charge in [0.25, 0.3) is 0 Å². The molecule has 0 aromatic carbocycles. The van der Waals surface area contributed by atoms with Crippen LogP contribution in [0.3, 0.4) is 0 Å². The second-order valence-corrected chi connectivity index (χ2v) is 4.37. The van der Waals surface area contributed by atoms with Gasteiger partial charge in [0.15, 0.2) is 0 Å². The molecule has 2 N–H and O–H groups in total. The molecule has 1 aromatic rings. The Morgan fingerprint density at radius 1 is 1.50 bits per heavy atom. The monoisotopic (exact) mass is 256 g/mol. The largest absolute Gasteiger partial charge is 0.333 e. The topological polar surface area (TPSA) is 82.3 Å². The summed E-state index contributed by atoms with van der Waals surface area (Å²) < 4.78 is 25.2. The first-order chi connectivity index (χ1) is 6.38. The summed E-state index contributed by atoms with van der Waals surface area (Å²) in [5, 5.41) is 5.11. The first kappa shape index (κ1) is 11.7. The molecule has 0 unspecified atom stereocenters. The van der Waals surface area contributed by atoms with E-state index < -0.39 is 10.3 Å². The summed E-state index contributed by atoms with van der Waals surface area (Å²) in [4.78, 5) is 3.71. The Labute approximate surface area is 91.0 Å². The molecule has 5 nitrogen and oxygen atoms in total. The van der Waals surface area contributed by atoms with Gasteiger partial charge in [-0.3, -0.25) is 4.18 Å². The van der Waals surface area contributed by atoms with E-state index in [-0.39, 0.29) is 16.8 Å². The highest BCUT2D eigenvalue weighted by Gasteiger charge is 2.07. The molecule has 1 rings (SSSR count). The van der Waals surface area contributed by atoms with Crippen molar-refractivity contribution < 1.29 is 12.6 Å². The van der Waals surface area contributed by atoms with Crippen LogP contribution in [0.5, 0.6) is 0 Å². The van der Waals surface area contributed by atoms with Crippen LogP contribution in [0, 0.1) is 0 Å². The molecular formula is C6H6Cl2N2O3S. The summed E-state index contributed by atoms with van der Waals surface area (Å²) in [6.07, 6.45) is 1.32. The van der Waals surface area contributed by atoms with Crippen molar-refractivity contribution in [3.05, 3.63) is 28.0 Å². The molecule has 78 valence electrons. The van der Waals surface area contributed by atoms with Crippen LogP contribution in [0.25, 0.3) is 0 Å². The molecule has 14 heavy (non-hydrogen) atoms. The number of hydrogen-bond donors (Lipinski definition) is 1. The summed E-state index contributed by atoms with van der Waals surface area (Å²) in [7, 11) is -3.97. The molecule has 0 saturated heterocycles. The van der Waals surface area contributed by atoms with Crippen LogP contribution in [-0.2, 0) is 21.1 Å². The van der Waals surface area contributed by atoms with Crippen molar-refractivity contribution >= 4 is 33.5 Å². The van der Waals surface area contributed by atoms with Gasteiger partial charge in [-0.1, -0.05) is 23.2 Å². The smallest absolute Gasteiger partial charge is 0.253 e. The zero-order chi connectivity index (χ0) is 10.8. The Hall–Kier alpha value is -0.400. The molecule has 0 saturated carbocycles. The molecule has 0 spiro atoms. The van der Waals surface area contributed by atoms with Gasteiger partial charge in [0.2, 0.25) is 0 Å². The molecule has 0 aliphatic carbocycles. The van der Waals surface area contributed by atoms with Crippen molar-refractivity contribution in [1.82, 2.24) is 4.98 Å². The Bertz CT molecular complexity index is 435. The second-order valence-electron chi connectivity index (χ2n) is 2.35. The highest BCUT2D eigenvalue weighted by Crippen LogP contribution is 2.19. The van der Waals surface area contributed by atoms with E-state index in [2.05, 4.69) is 14.3 Å². The number of hydrogen-bond acceptors (Lipinski definition) is 4. The molecule has 0 fully saturated rings. The van der Waals surface area contributed by atoms with Gasteiger partial charge in [-0.05, 0) is 6.07 Å². The number of rotatable bonds is 3. The average Bonchev–Trinajstić information content (AvgIpc) is 2.00. The van der Waals surface area contributed by atoms with Crippen LogP contribution in [0.4, 0.5) is 0 Å². The van der Waals surface area contributed by atoms with Crippen molar-refractivity contribution in [3.8, 4) is 0 Å². The molecule has 0 bridgehead atoms. The molecule has 0 aliphatic heterocycles. The Balaban J connectivity index is 2.78. The van der Waals surface area contributed by atoms with Crippen molar-refractivity contribution in [2.24, 2.45) is 5.14 Å². The molecule has 8 heteroatoms. The van der Waals surface area contributed by atoms with Crippen LogP contribution in [0.15, 0.2) is 12.3 Å². The maximum atomic E-state index is 10.4. The van der Waals surface area contributed by atoms with Gasteiger partial charge in [0.1, 0.15) is 5.15 Å². The van der Waals surface area contributed by atoms with Gasteiger partial charge in [-0.2, -0.15) is 8.42 Å². The van der Waals surface area contributed by atoms with E-state index in [9.17, 15) is 8.42 Å². The van der Waals surface area contributed by atoms with E-state index in [0.717, 1.165) is 0 Å². The Morgan fingerprint density at radius 3 is 2.64 bits per heavy atom. The SMILES string of the molecule is NS(=O)(=O)OCc1cnc(Cl)cc1Cl. The predicted octanol–water partition coefficient (Wildman–Crippen LogP) is 1.11. The Kier molecular flexibility index (Phi) is 3.68. The van der Waals surface area contributed by atoms with Gasteiger partial charge < -0.3 is 0 Å². The third-order valence-electron chi connectivity index (χ3n) is 1.28. The highest BCUT2D eigenvalue weighted by atomic mass is 35.5. The standard InChI is InChI=1S/C6H6Cl2N2O3S/c7-5-1-6(8)10-2-4(5)3-13-14(9,11)12/h1-2H,3H2,(H2,9,11,12). The van der Waals surface area contributed by atoms with Crippen LogP contribution >= 0.6 is 23.2 Å². The van der Waals surface area contributed by atoms with Gasteiger partial charge in [-0.25, -0.2) is 10.1 Å². The number of halogens is 2. The maximum absolute atomic E-state index is 10.4. The third kappa shape index (κ3) is 3.77. The number of nitrogens with zero attached hydrogens (tertiary/aromatic N) is 1. The van der Waals surface area contributed by atoms with Crippen LogP contribution < -0.4 is 5.14 Å².